The number of nitrogens with zero attached hydrogens (tertiary/aromatic N) is 1. The van der Waals surface area contributed by atoms with E-state index in [9.17, 15) is 0 Å². The van der Waals surface area contributed by atoms with Crippen molar-refractivity contribution in [1.29, 1.82) is 0 Å². The van der Waals surface area contributed by atoms with Gasteiger partial charge in [0.15, 0.2) is 0 Å². The van der Waals surface area contributed by atoms with Crippen molar-refractivity contribution in [3.8, 4) is 0 Å². The van der Waals surface area contributed by atoms with Crippen molar-refractivity contribution in [3.63, 3.8) is 0 Å². The largest absolute Gasteiger partial charge is 0.383 e. The minimum absolute atomic E-state index is 0.148. The Morgan fingerprint density at radius 3 is 2.79 bits per heavy atom. The van der Waals surface area contributed by atoms with Gasteiger partial charge in [-0.05, 0) is 30.5 Å². The quantitative estimate of drug-likeness (QED) is 0.823. The summed E-state index contributed by atoms with van der Waals surface area (Å²) in [4.78, 5) is 4.44. The van der Waals surface area contributed by atoms with Gasteiger partial charge in [-0.25, -0.2) is 4.98 Å². The van der Waals surface area contributed by atoms with E-state index in [-0.39, 0.29) is 6.04 Å². The molecule has 1 N–H and O–H groups in total. The van der Waals surface area contributed by atoms with Gasteiger partial charge in [0.25, 0.3) is 0 Å². The molecule has 2 rings (SSSR count). The van der Waals surface area contributed by atoms with Gasteiger partial charge in [0.1, 0.15) is 5.01 Å². The highest BCUT2D eigenvalue weighted by atomic mass is 32.1. The number of ether oxygens (including phenoxy) is 1. The molecule has 3 nitrogen and oxygen atoms in total. The summed E-state index contributed by atoms with van der Waals surface area (Å²) in [6, 6.07) is 6.73. The summed E-state index contributed by atoms with van der Waals surface area (Å²) >= 11 is 1.68. The monoisotopic (exact) mass is 276 g/mol. The van der Waals surface area contributed by atoms with Gasteiger partial charge in [-0.1, -0.05) is 18.2 Å². The van der Waals surface area contributed by atoms with E-state index < -0.39 is 0 Å². The predicted octanol–water partition coefficient (Wildman–Crippen LogP) is 3.09. The van der Waals surface area contributed by atoms with Gasteiger partial charge in [-0.3, -0.25) is 0 Å². The van der Waals surface area contributed by atoms with Crippen LogP contribution in [0.4, 0.5) is 0 Å². The lowest BCUT2D eigenvalue weighted by Crippen LogP contribution is -2.26. The molecular formula is C15H20N2OS. The van der Waals surface area contributed by atoms with Crippen molar-refractivity contribution in [3.05, 3.63) is 51.5 Å². The Morgan fingerprint density at radius 1 is 1.32 bits per heavy atom. The lowest BCUT2D eigenvalue weighted by molar-refractivity contribution is 0.197. The third-order valence-electron chi connectivity index (χ3n) is 3.22. The SMILES string of the molecule is COCCNC(c1ccc(C)c(C)c1)c1nccs1. The molecule has 1 unspecified atom stereocenters. The van der Waals surface area contributed by atoms with Crippen LogP contribution in [0.2, 0.25) is 0 Å². The number of nitrogens with one attached hydrogen (secondary N) is 1. The van der Waals surface area contributed by atoms with Gasteiger partial charge < -0.3 is 10.1 Å². The molecule has 0 amide bonds. The zero-order valence-corrected chi connectivity index (χ0v) is 12.5. The molecular weight excluding hydrogens is 256 g/mol. The summed E-state index contributed by atoms with van der Waals surface area (Å²) in [5.74, 6) is 0. The number of benzene rings is 1. The first-order valence-corrected chi connectivity index (χ1v) is 7.29. The van der Waals surface area contributed by atoms with Crippen molar-refractivity contribution in [2.45, 2.75) is 19.9 Å². The van der Waals surface area contributed by atoms with E-state index in [4.69, 9.17) is 4.74 Å². The molecule has 1 heterocycles. The van der Waals surface area contributed by atoms with Crippen molar-refractivity contribution < 1.29 is 4.74 Å². The second kappa shape index (κ2) is 6.80. The average molecular weight is 276 g/mol. The van der Waals surface area contributed by atoms with Crippen LogP contribution in [0.3, 0.4) is 0 Å². The maximum Gasteiger partial charge on any atom is 0.114 e. The third-order valence-corrected chi connectivity index (χ3v) is 4.06. The second-order valence-corrected chi connectivity index (χ2v) is 5.52. The summed E-state index contributed by atoms with van der Waals surface area (Å²) in [5.41, 5.74) is 3.89. The molecule has 0 saturated heterocycles. The summed E-state index contributed by atoms with van der Waals surface area (Å²) in [6.07, 6.45) is 1.85. The molecule has 0 fully saturated rings. The van der Waals surface area contributed by atoms with Crippen LogP contribution in [-0.2, 0) is 4.74 Å². The molecule has 1 aromatic heterocycles. The van der Waals surface area contributed by atoms with Gasteiger partial charge in [0.05, 0.1) is 12.6 Å². The maximum absolute atomic E-state index is 5.11. The summed E-state index contributed by atoms with van der Waals surface area (Å²) in [6.45, 7) is 5.79. The highest BCUT2D eigenvalue weighted by Crippen LogP contribution is 2.25. The van der Waals surface area contributed by atoms with Gasteiger partial charge in [-0.2, -0.15) is 0 Å². The third kappa shape index (κ3) is 3.62. The fourth-order valence-electron chi connectivity index (χ4n) is 1.97. The number of hydrogen-bond donors (Lipinski definition) is 1. The topological polar surface area (TPSA) is 34.1 Å². The first kappa shape index (κ1) is 14.2. The van der Waals surface area contributed by atoms with E-state index in [1.165, 1.54) is 16.7 Å². The second-order valence-electron chi connectivity index (χ2n) is 4.59. The molecule has 0 aliphatic heterocycles. The standard InChI is InChI=1S/C15H20N2OS/c1-11-4-5-13(10-12(11)2)14(16-6-8-18-3)15-17-7-9-19-15/h4-5,7,9-10,14,16H,6,8H2,1-3H3. The Hall–Kier alpha value is -1.23. The maximum atomic E-state index is 5.11. The highest BCUT2D eigenvalue weighted by Gasteiger charge is 2.16. The molecule has 1 atom stereocenters. The Labute approximate surface area is 118 Å². The summed E-state index contributed by atoms with van der Waals surface area (Å²) in [5, 5.41) is 6.62. The van der Waals surface area contributed by atoms with Crippen molar-refractivity contribution >= 4 is 11.3 Å². The molecule has 0 bridgehead atoms. The molecule has 0 spiro atoms. The fourth-order valence-corrected chi connectivity index (χ4v) is 2.71. The van der Waals surface area contributed by atoms with Crippen LogP contribution in [0.1, 0.15) is 27.7 Å². The van der Waals surface area contributed by atoms with Crippen LogP contribution in [0.5, 0.6) is 0 Å². The molecule has 0 saturated carbocycles. The van der Waals surface area contributed by atoms with E-state index in [2.05, 4.69) is 42.3 Å². The van der Waals surface area contributed by atoms with Gasteiger partial charge in [0.2, 0.25) is 0 Å². The summed E-state index contributed by atoms with van der Waals surface area (Å²) in [7, 11) is 1.72. The van der Waals surface area contributed by atoms with Crippen LogP contribution in [0, 0.1) is 13.8 Å². The smallest absolute Gasteiger partial charge is 0.114 e. The average Bonchev–Trinajstić information content (AvgIpc) is 2.92. The van der Waals surface area contributed by atoms with Crippen molar-refractivity contribution in [1.82, 2.24) is 10.3 Å². The molecule has 0 aliphatic rings. The minimum Gasteiger partial charge on any atom is -0.383 e. The molecule has 19 heavy (non-hydrogen) atoms. The first-order chi connectivity index (χ1) is 9.22. The Kier molecular flexibility index (Phi) is 5.07. The summed E-state index contributed by atoms with van der Waals surface area (Å²) < 4.78 is 5.11. The van der Waals surface area contributed by atoms with Crippen LogP contribution >= 0.6 is 11.3 Å². The van der Waals surface area contributed by atoms with Gasteiger partial charge >= 0.3 is 0 Å². The Morgan fingerprint density at radius 2 is 2.16 bits per heavy atom. The Bertz CT molecular complexity index is 511. The van der Waals surface area contributed by atoms with E-state index in [0.29, 0.717) is 6.61 Å². The number of aromatic nitrogens is 1. The normalized spacial score (nSPS) is 12.6. The molecule has 0 aliphatic carbocycles. The van der Waals surface area contributed by atoms with Crippen LogP contribution in [0.15, 0.2) is 29.8 Å². The fraction of sp³-hybridized carbons (Fsp3) is 0.400. The number of hydrogen-bond acceptors (Lipinski definition) is 4. The van der Waals surface area contributed by atoms with Crippen molar-refractivity contribution in [2.24, 2.45) is 0 Å². The van der Waals surface area contributed by atoms with E-state index in [1.807, 2.05) is 11.6 Å². The first-order valence-electron chi connectivity index (χ1n) is 6.41. The number of aryl methyl sites for hydroxylation is 2. The molecule has 1 aromatic carbocycles. The van der Waals surface area contributed by atoms with Crippen molar-refractivity contribution in [2.75, 3.05) is 20.3 Å². The van der Waals surface area contributed by atoms with E-state index in [0.717, 1.165) is 11.6 Å². The molecule has 4 heteroatoms. The molecule has 2 aromatic rings. The van der Waals surface area contributed by atoms with Crippen LogP contribution in [0.25, 0.3) is 0 Å². The van der Waals surface area contributed by atoms with Crippen LogP contribution < -0.4 is 5.32 Å². The number of thiazole rings is 1. The lowest BCUT2D eigenvalue weighted by atomic mass is 10.0. The highest BCUT2D eigenvalue weighted by molar-refractivity contribution is 7.09. The van der Waals surface area contributed by atoms with Crippen LogP contribution in [-0.4, -0.2) is 25.2 Å². The zero-order valence-electron chi connectivity index (χ0n) is 11.6. The molecule has 102 valence electrons. The van der Waals surface area contributed by atoms with E-state index in [1.54, 1.807) is 18.4 Å². The van der Waals surface area contributed by atoms with Gasteiger partial charge in [0, 0.05) is 25.2 Å². The predicted molar refractivity (Wildman–Crippen MR) is 79.8 cm³/mol. The minimum atomic E-state index is 0.148. The molecule has 0 radical (unpaired) electrons. The number of rotatable bonds is 6. The lowest BCUT2D eigenvalue weighted by Gasteiger charge is -2.18. The van der Waals surface area contributed by atoms with E-state index >= 15 is 0 Å². The zero-order chi connectivity index (χ0) is 13.7. The Balaban J connectivity index is 2.23. The number of methoxy groups -OCH3 is 1. The van der Waals surface area contributed by atoms with Gasteiger partial charge in [-0.15, -0.1) is 11.3 Å².